The summed E-state index contributed by atoms with van der Waals surface area (Å²) in [6.45, 7) is 0.973. The summed E-state index contributed by atoms with van der Waals surface area (Å²) in [7, 11) is 0. The Balaban J connectivity index is 1.31. The van der Waals surface area contributed by atoms with E-state index in [-0.39, 0.29) is 5.60 Å². The fourth-order valence-electron chi connectivity index (χ4n) is 5.35. The van der Waals surface area contributed by atoms with Crippen molar-refractivity contribution in [1.29, 1.82) is 0 Å². The summed E-state index contributed by atoms with van der Waals surface area (Å²) < 4.78 is 0. The maximum Gasteiger partial charge on any atom is 0.116 e. The van der Waals surface area contributed by atoms with Gasteiger partial charge < -0.3 is 0 Å². The van der Waals surface area contributed by atoms with Gasteiger partial charge in [-0.25, -0.2) is 0 Å². The van der Waals surface area contributed by atoms with E-state index in [2.05, 4.69) is 39.7 Å². The normalized spacial score (nSPS) is 32.7. The molecule has 1 aromatic carbocycles. The molecule has 128 valence electrons. The minimum atomic E-state index is 0.0217. The number of hydrogen-bond acceptors (Lipinski definition) is 5. The highest BCUT2D eigenvalue weighted by Crippen LogP contribution is 2.54. The van der Waals surface area contributed by atoms with E-state index in [1.807, 2.05) is 23.7 Å². The molecule has 2 aliphatic heterocycles. The number of nitrogens with one attached hydrogen (secondary N) is 1. The lowest BCUT2D eigenvalue weighted by atomic mass is 9.62. The van der Waals surface area contributed by atoms with Gasteiger partial charge in [-0.05, 0) is 67.7 Å². The van der Waals surface area contributed by atoms with Gasteiger partial charge in [-0.1, -0.05) is 12.1 Å². The predicted octanol–water partition coefficient (Wildman–Crippen LogP) is 4.01. The molecule has 5 heteroatoms. The van der Waals surface area contributed by atoms with Crippen molar-refractivity contribution in [2.45, 2.75) is 37.7 Å². The first-order valence-corrected chi connectivity index (χ1v) is 9.39. The van der Waals surface area contributed by atoms with Crippen LogP contribution in [0.1, 0.15) is 32.1 Å². The number of hydrazine groups is 2. The number of hydrogen-bond donors (Lipinski definition) is 1. The van der Waals surface area contributed by atoms with E-state index in [0.29, 0.717) is 5.92 Å². The van der Waals surface area contributed by atoms with Crippen LogP contribution < -0.4 is 10.4 Å². The highest BCUT2D eigenvalue weighted by atomic mass is 16.8. The Morgan fingerprint density at radius 3 is 2.80 bits per heavy atom. The number of fused-ring (bicyclic) bond motifs is 5. The number of anilines is 2. The second-order valence-corrected chi connectivity index (χ2v) is 7.99. The van der Waals surface area contributed by atoms with Gasteiger partial charge in [0.05, 0.1) is 17.9 Å². The number of nitrogens with zero attached hydrogens (tertiary/aromatic N) is 3. The first-order chi connectivity index (χ1) is 12.3. The minimum absolute atomic E-state index is 0.0217. The summed E-state index contributed by atoms with van der Waals surface area (Å²) in [6, 6.07) is 10.6. The second kappa shape index (κ2) is 4.96. The van der Waals surface area contributed by atoms with E-state index in [1.165, 1.54) is 43.4 Å². The largest absolute Gasteiger partial charge is 0.275 e. The first-order valence-electron chi connectivity index (χ1n) is 9.39. The zero-order valence-electron chi connectivity index (χ0n) is 14.2. The zero-order valence-corrected chi connectivity index (χ0v) is 14.2. The standard InChI is InChI=1S/C20H22N4O/c1-2-16(12-21-9-1)15-5-8-19-18(10-15)22-24-23(19)13-20(25-24)11-14-3-6-17(20)7-4-14/h1-2,5,8-10,12,14,17,22H,3-4,6-7,11,13H2/t14?,17?,20-/m0/s1. The molecule has 7 rings (SSSR count). The molecule has 1 N–H and O–H groups in total. The molecule has 2 aromatic rings. The van der Waals surface area contributed by atoms with Crippen LogP contribution in [-0.2, 0) is 4.84 Å². The first kappa shape index (κ1) is 14.1. The highest BCUT2D eigenvalue weighted by Gasteiger charge is 2.57. The fraction of sp³-hybridized carbons (Fsp3) is 0.450. The van der Waals surface area contributed by atoms with Gasteiger partial charge in [0.25, 0.3) is 0 Å². The number of pyridine rings is 1. The van der Waals surface area contributed by atoms with E-state index in [4.69, 9.17) is 4.84 Å². The van der Waals surface area contributed by atoms with Crippen molar-refractivity contribution in [2.24, 2.45) is 11.8 Å². The molecule has 5 aliphatic rings. The van der Waals surface area contributed by atoms with Crippen LogP contribution in [0.3, 0.4) is 0 Å². The summed E-state index contributed by atoms with van der Waals surface area (Å²) >= 11 is 0. The van der Waals surface area contributed by atoms with Gasteiger partial charge in [-0.2, -0.15) is 0 Å². The Kier molecular flexibility index (Phi) is 2.80. The Labute approximate surface area is 147 Å². The van der Waals surface area contributed by atoms with Gasteiger partial charge in [0, 0.05) is 23.2 Å². The van der Waals surface area contributed by atoms with Crippen molar-refractivity contribution >= 4 is 11.4 Å². The van der Waals surface area contributed by atoms with Crippen LogP contribution in [0.2, 0.25) is 0 Å². The third-order valence-electron chi connectivity index (χ3n) is 6.62. The van der Waals surface area contributed by atoms with Crippen molar-refractivity contribution < 1.29 is 4.84 Å². The second-order valence-electron chi connectivity index (χ2n) is 7.99. The van der Waals surface area contributed by atoms with Crippen molar-refractivity contribution in [3.63, 3.8) is 0 Å². The van der Waals surface area contributed by atoms with Gasteiger partial charge >= 0.3 is 0 Å². The summed E-state index contributed by atoms with van der Waals surface area (Å²) in [5.74, 6) is 1.57. The monoisotopic (exact) mass is 334 g/mol. The molecule has 3 heterocycles. The molecular formula is C20H22N4O. The number of aromatic nitrogens is 1. The van der Waals surface area contributed by atoms with Gasteiger partial charge in [0.15, 0.2) is 0 Å². The molecule has 1 aromatic heterocycles. The highest BCUT2D eigenvalue weighted by molar-refractivity contribution is 5.80. The Bertz CT molecular complexity index is 818. The van der Waals surface area contributed by atoms with Gasteiger partial charge in [-0.15, -0.1) is 0 Å². The molecule has 25 heavy (non-hydrogen) atoms. The SMILES string of the molecule is c1cncc(-c2ccc3c(c2)NN2O[C@@]4(CC5CCC4CC5)CN32)c1. The molecule has 4 fully saturated rings. The molecule has 1 saturated heterocycles. The molecule has 0 amide bonds. The van der Waals surface area contributed by atoms with E-state index in [9.17, 15) is 0 Å². The molecule has 1 atom stereocenters. The van der Waals surface area contributed by atoms with E-state index < -0.39 is 0 Å². The minimum Gasteiger partial charge on any atom is -0.275 e. The predicted molar refractivity (Wildman–Crippen MR) is 96.4 cm³/mol. The fourth-order valence-corrected chi connectivity index (χ4v) is 5.35. The summed E-state index contributed by atoms with van der Waals surface area (Å²) in [4.78, 5) is 10.7. The average Bonchev–Trinajstić information content (AvgIpc) is 3.16. The quantitative estimate of drug-likeness (QED) is 0.853. The van der Waals surface area contributed by atoms with Crippen molar-refractivity contribution in [1.82, 2.24) is 10.3 Å². The maximum absolute atomic E-state index is 6.51. The molecule has 1 spiro atoms. The average molecular weight is 334 g/mol. The zero-order chi connectivity index (χ0) is 16.4. The van der Waals surface area contributed by atoms with Crippen LogP contribution in [0.15, 0.2) is 42.7 Å². The Morgan fingerprint density at radius 1 is 1.12 bits per heavy atom. The molecule has 0 unspecified atom stereocenters. The molecular weight excluding hydrogens is 312 g/mol. The maximum atomic E-state index is 6.51. The van der Waals surface area contributed by atoms with Crippen molar-refractivity contribution in [2.75, 3.05) is 17.0 Å². The van der Waals surface area contributed by atoms with Crippen LogP contribution in [0.5, 0.6) is 0 Å². The third kappa shape index (κ3) is 1.99. The number of rotatable bonds is 1. The lowest BCUT2D eigenvalue weighted by Gasteiger charge is -2.47. The van der Waals surface area contributed by atoms with Crippen LogP contribution in [0.4, 0.5) is 11.4 Å². The lowest BCUT2D eigenvalue weighted by molar-refractivity contribution is -0.225. The van der Waals surface area contributed by atoms with E-state index in [0.717, 1.165) is 23.7 Å². The summed E-state index contributed by atoms with van der Waals surface area (Å²) in [5.41, 5.74) is 8.11. The van der Waals surface area contributed by atoms with Gasteiger partial charge in [0.1, 0.15) is 5.60 Å². The van der Waals surface area contributed by atoms with Crippen LogP contribution >= 0.6 is 0 Å². The van der Waals surface area contributed by atoms with Gasteiger partial charge in [0.2, 0.25) is 0 Å². The summed E-state index contributed by atoms with van der Waals surface area (Å²) in [6.07, 6.45) is 10.4. The smallest absolute Gasteiger partial charge is 0.116 e. The molecule has 5 nitrogen and oxygen atoms in total. The molecule has 0 radical (unpaired) electrons. The Morgan fingerprint density at radius 2 is 2.04 bits per heavy atom. The van der Waals surface area contributed by atoms with Crippen molar-refractivity contribution in [3.8, 4) is 11.1 Å². The van der Waals surface area contributed by atoms with Crippen molar-refractivity contribution in [3.05, 3.63) is 42.7 Å². The van der Waals surface area contributed by atoms with E-state index in [1.54, 1.807) is 0 Å². The van der Waals surface area contributed by atoms with Crippen LogP contribution in [0, 0.1) is 11.8 Å². The topological polar surface area (TPSA) is 40.6 Å². The summed E-state index contributed by atoms with van der Waals surface area (Å²) in [5, 5.41) is 4.17. The van der Waals surface area contributed by atoms with Crippen LogP contribution in [0.25, 0.3) is 11.1 Å². The van der Waals surface area contributed by atoms with Crippen LogP contribution in [-0.4, -0.2) is 22.4 Å². The molecule has 3 saturated carbocycles. The number of benzene rings is 1. The van der Waals surface area contributed by atoms with Gasteiger partial charge in [-0.3, -0.25) is 20.3 Å². The molecule has 2 bridgehead atoms. The third-order valence-corrected chi connectivity index (χ3v) is 6.62. The lowest BCUT2D eigenvalue weighted by Crippen LogP contribution is -2.50. The van der Waals surface area contributed by atoms with E-state index >= 15 is 0 Å². The Hall–Kier alpha value is -2.11. The molecule has 3 aliphatic carbocycles.